The molecule has 0 saturated heterocycles. The van der Waals surface area contributed by atoms with Gasteiger partial charge in [-0.15, -0.1) is 0 Å². The van der Waals surface area contributed by atoms with Crippen molar-refractivity contribution >= 4 is 11.5 Å². The highest BCUT2D eigenvalue weighted by Crippen LogP contribution is 2.15. The molecule has 0 aromatic heterocycles. The van der Waals surface area contributed by atoms with Crippen molar-refractivity contribution in [3.63, 3.8) is 0 Å². The van der Waals surface area contributed by atoms with E-state index >= 15 is 0 Å². The van der Waals surface area contributed by atoms with E-state index in [4.69, 9.17) is 10.5 Å². The van der Waals surface area contributed by atoms with Crippen molar-refractivity contribution in [2.75, 3.05) is 12.3 Å². The molecule has 19 heavy (non-hydrogen) atoms. The van der Waals surface area contributed by atoms with E-state index in [0.717, 1.165) is 0 Å². The van der Waals surface area contributed by atoms with Gasteiger partial charge in [0.25, 0.3) is 0 Å². The van der Waals surface area contributed by atoms with Crippen LogP contribution >= 0.6 is 0 Å². The van der Waals surface area contributed by atoms with Gasteiger partial charge in [0.1, 0.15) is 11.6 Å². The minimum atomic E-state index is -0.326. The summed E-state index contributed by atoms with van der Waals surface area (Å²) in [5, 5.41) is 0. The van der Waals surface area contributed by atoms with E-state index < -0.39 is 0 Å². The lowest BCUT2D eigenvalue weighted by Crippen LogP contribution is -2.12. The molecule has 3 nitrogen and oxygen atoms in total. The molecule has 0 bridgehead atoms. The Labute approximate surface area is 110 Å². The Morgan fingerprint density at radius 1 is 1.26 bits per heavy atom. The van der Waals surface area contributed by atoms with Gasteiger partial charge in [0.2, 0.25) is 0 Å². The number of anilines is 1. The number of carbonyl (C=O) groups is 1. The van der Waals surface area contributed by atoms with Gasteiger partial charge in [-0.2, -0.15) is 0 Å². The Balaban J connectivity index is 2.03. The number of hydrogen-bond acceptors (Lipinski definition) is 3. The number of ether oxygens (including phenoxy) is 1. The average Bonchev–Trinajstić information content (AvgIpc) is 2.39. The van der Waals surface area contributed by atoms with Gasteiger partial charge >= 0.3 is 0 Å². The Kier molecular flexibility index (Phi) is 3.80. The van der Waals surface area contributed by atoms with E-state index in [9.17, 15) is 9.18 Å². The van der Waals surface area contributed by atoms with Gasteiger partial charge in [-0.25, -0.2) is 4.39 Å². The second kappa shape index (κ2) is 5.52. The van der Waals surface area contributed by atoms with Crippen LogP contribution in [-0.2, 0) is 0 Å². The Morgan fingerprint density at radius 3 is 2.74 bits per heavy atom. The molecular formula is C15H14FNO2. The molecule has 0 spiro atoms. The zero-order valence-corrected chi connectivity index (χ0v) is 10.5. The summed E-state index contributed by atoms with van der Waals surface area (Å²) in [4.78, 5) is 11.9. The fourth-order valence-corrected chi connectivity index (χ4v) is 1.65. The third-order valence-corrected chi connectivity index (χ3v) is 2.71. The lowest BCUT2D eigenvalue weighted by Gasteiger charge is -2.07. The molecule has 2 rings (SSSR count). The monoisotopic (exact) mass is 259 g/mol. The van der Waals surface area contributed by atoms with Crippen molar-refractivity contribution < 1.29 is 13.9 Å². The van der Waals surface area contributed by atoms with Gasteiger partial charge in [0.15, 0.2) is 12.4 Å². The normalized spacial score (nSPS) is 10.2. The molecule has 0 saturated carbocycles. The van der Waals surface area contributed by atoms with Gasteiger partial charge in [-0.05, 0) is 42.8 Å². The molecule has 0 aliphatic carbocycles. The van der Waals surface area contributed by atoms with E-state index in [1.165, 1.54) is 18.2 Å². The van der Waals surface area contributed by atoms with Crippen LogP contribution in [0.2, 0.25) is 0 Å². The molecule has 0 atom stereocenters. The molecule has 0 unspecified atom stereocenters. The van der Waals surface area contributed by atoms with Gasteiger partial charge in [0, 0.05) is 17.3 Å². The highest BCUT2D eigenvalue weighted by atomic mass is 19.1. The maximum atomic E-state index is 13.1. The summed E-state index contributed by atoms with van der Waals surface area (Å²) in [7, 11) is 0. The van der Waals surface area contributed by atoms with Crippen LogP contribution in [0.1, 0.15) is 15.9 Å². The van der Waals surface area contributed by atoms with Gasteiger partial charge in [-0.3, -0.25) is 4.79 Å². The molecule has 0 amide bonds. The molecule has 0 aliphatic rings. The quantitative estimate of drug-likeness (QED) is 0.678. The molecule has 0 fully saturated rings. The van der Waals surface area contributed by atoms with Crippen LogP contribution < -0.4 is 10.5 Å². The van der Waals surface area contributed by atoms with Crippen LogP contribution in [0.25, 0.3) is 0 Å². The predicted octanol–water partition coefficient (Wildman–Crippen LogP) is 2.98. The highest BCUT2D eigenvalue weighted by molar-refractivity contribution is 5.97. The first kappa shape index (κ1) is 13.1. The standard InChI is InChI=1S/C15H14FNO2/c1-10-7-11(5-6-14(10)16)15(18)9-19-13-4-2-3-12(17)8-13/h2-8H,9,17H2,1H3. The number of aryl methyl sites for hydroxylation is 1. The minimum Gasteiger partial charge on any atom is -0.485 e. The van der Waals surface area contributed by atoms with Gasteiger partial charge in [0.05, 0.1) is 0 Å². The van der Waals surface area contributed by atoms with Crippen LogP contribution in [-0.4, -0.2) is 12.4 Å². The smallest absolute Gasteiger partial charge is 0.200 e. The minimum absolute atomic E-state index is 0.103. The van der Waals surface area contributed by atoms with Crippen LogP contribution in [0, 0.1) is 12.7 Å². The number of benzene rings is 2. The molecule has 2 aromatic rings. The fourth-order valence-electron chi connectivity index (χ4n) is 1.65. The third kappa shape index (κ3) is 3.31. The molecule has 0 aliphatic heterocycles. The SMILES string of the molecule is Cc1cc(C(=O)COc2cccc(N)c2)ccc1F. The molecule has 4 heteroatoms. The molecule has 0 radical (unpaired) electrons. The van der Waals surface area contributed by atoms with Crippen LogP contribution in [0.4, 0.5) is 10.1 Å². The van der Waals surface area contributed by atoms with Crippen molar-refractivity contribution in [3.8, 4) is 5.75 Å². The molecule has 2 N–H and O–H groups in total. The summed E-state index contributed by atoms with van der Waals surface area (Å²) in [6.07, 6.45) is 0. The lowest BCUT2D eigenvalue weighted by atomic mass is 10.1. The molecular weight excluding hydrogens is 245 g/mol. The second-order valence-electron chi connectivity index (χ2n) is 4.25. The van der Waals surface area contributed by atoms with Crippen LogP contribution in [0.5, 0.6) is 5.75 Å². The van der Waals surface area contributed by atoms with E-state index in [-0.39, 0.29) is 18.2 Å². The summed E-state index contributed by atoms with van der Waals surface area (Å²) in [5.74, 6) is 0.00556. The van der Waals surface area contributed by atoms with Crippen molar-refractivity contribution in [1.29, 1.82) is 0 Å². The van der Waals surface area contributed by atoms with E-state index in [2.05, 4.69) is 0 Å². The van der Waals surface area contributed by atoms with E-state index in [1.807, 2.05) is 0 Å². The van der Waals surface area contributed by atoms with Gasteiger partial charge < -0.3 is 10.5 Å². The lowest BCUT2D eigenvalue weighted by molar-refractivity contribution is 0.0921. The second-order valence-corrected chi connectivity index (χ2v) is 4.25. The molecule has 2 aromatic carbocycles. The van der Waals surface area contributed by atoms with Crippen LogP contribution in [0.15, 0.2) is 42.5 Å². The topological polar surface area (TPSA) is 52.3 Å². The number of carbonyl (C=O) groups excluding carboxylic acids is 1. The molecule has 0 heterocycles. The average molecular weight is 259 g/mol. The number of halogens is 1. The molecule has 98 valence electrons. The predicted molar refractivity (Wildman–Crippen MR) is 71.8 cm³/mol. The summed E-state index contributed by atoms with van der Waals surface area (Å²) < 4.78 is 18.5. The summed E-state index contributed by atoms with van der Waals surface area (Å²) in [6, 6.07) is 11.1. The van der Waals surface area contributed by atoms with Crippen molar-refractivity contribution in [1.82, 2.24) is 0 Å². The Morgan fingerprint density at radius 2 is 2.05 bits per heavy atom. The highest BCUT2D eigenvalue weighted by Gasteiger charge is 2.09. The summed E-state index contributed by atoms with van der Waals surface area (Å²) >= 11 is 0. The van der Waals surface area contributed by atoms with E-state index in [1.54, 1.807) is 31.2 Å². The largest absolute Gasteiger partial charge is 0.485 e. The first-order chi connectivity index (χ1) is 9.06. The number of Topliss-reactive ketones (excluding diaryl/α,β-unsaturated/α-hetero) is 1. The van der Waals surface area contributed by atoms with Crippen molar-refractivity contribution in [2.24, 2.45) is 0 Å². The zero-order valence-electron chi connectivity index (χ0n) is 10.5. The maximum Gasteiger partial charge on any atom is 0.200 e. The summed E-state index contributed by atoms with van der Waals surface area (Å²) in [6.45, 7) is 1.51. The first-order valence-electron chi connectivity index (χ1n) is 5.84. The Hall–Kier alpha value is -2.36. The number of ketones is 1. The summed E-state index contributed by atoms with van der Waals surface area (Å²) in [5.41, 5.74) is 7.05. The van der Waals surface area contributed by atoms with Crippen LogP contribution in [0.3, 0.4) is 0 Å². The first-order valence-corrected chi connectivity index (χ1v) is 5.84. The number of nitrogens with two attached hydrogens (primary N) is 1. The van der Waals surface area contributed by atoms with Crippen molar-refractivity contribution in [2.45, 2.75) is 6.92 Å². The maximum absolute atomic E-state index is 13.1. The number of rotatable bonds is 4. The third-order valence-electron chi connectivity index (χ3n) is 2.71. The Bertz CT molecular complexity index is 611. The fraction of sp³-hybridized carbons (Fsp3) is 0.133. The van der Waals surface area contributed by atoms with E-state index in [0.29, 0.717) is 22.6 Å². The number of hydrogen-bond donors (Lipinski definition) is 1. The zero-order chi connectivity index (χ0) is 13.8. The van der Waals surface area contributed by atoms with Gasteiger partial charge in [-0.1, -0.05) is 6.07 Å². The number of nitrogen functional groups attached to an aromatic ring is 1. The van der Waals surface area contributed by atoms with Crippen molar-refractivity contribution in [3.05, 3.63) is 59.4 Å².